The molecule has 4 heterocycles. The second kappa shape index (κ2) is 6.76. The minimum absolute atomic E-state index is 0.112. The highest BCUT2D eigenvalue weighted by Gasteiger charge is 2.27. The molecule has 1 aliphatic rings. The maximum atomic E-state index is 12.7. The zero-order valence-corrected chi connectivity index (χ0v) is 15.0. The van der Waals surface area contributed by atoms with Crippen molar-refractivity contribution in [1.82, 2.24) is 29.5 Å². The summed E-state index contributed by atoms with van der Waals surface area (Å²) in [7, 11) is 0. The van der Waals surface area contributed by atoms with E-state index >= 15 is 0 Å². The lowest BCUT2D eigenvalue weighted by molar-refractivity contribution is -0.118. The number of anilines is 2. The van der Waals surface area contributed by atoms with E-state index < -0.39 is 18.4 Å². The number of hydrogen-bond donors (Lipinski definition) is 3. The summed E-state index contributed by atoms with van der Waals surface area (Å²) in [4.78, 5) is 30.3. The molecule has 3 aromatic rings. The van der Waals surface area contributed by atoms with Crippen molar-refractivity contribution in [3.05, 3.63) is 45.4 Å². The molecule has 29 heavy (non-hydrogen) atoms. The van der Waals surface area contributed by atoms with Gasteiger partial charge in [-0.15, -0.1) is 0 Å². The van der Waals surface area contributed by atoms with Gasteiger partial charge in [-0.25, -0.2) is 9.79 Å². The first-order chi connectivity index (χ1) is 13.7. The molecule has 0 saturated carbocycles. The summed E-state index contributed by atoms with van der Waals surface area (Å²) in [6.45, 7) is 3.61. The average molecular weight is 407 g/mol. The topological polar surface area (TPSA) is 133 Å². The predicted molar refractivity (Wildman–Crippen MR) is 97.8 cm³/mol. The highest BCUT2D eigenvalue weighted by molar-refractivity contribution is 5.61. The molecule has 4 rings (SSSR count). The zero-order valence-electron chi connectivity index (χ0n) is 15.0. The van der Waals surface area contributed by atoms with Crippen molar-refractivity contribution in [1.29, 1.82) is 0 Å². The molecule has 0 spiro atoms. The Hall–Kier alpha value is -3.64. The van der Waals surface area contributed by atoms with Crippen molar-refractivity contribution < 1.29 is 13.2 Å². The number of alkyl halides is 3. The number of nitrogens with two attached hydrogens (primary N) is 1. The average Bonchev–Trinajstić information content (AvgIpc) is 3.32. The van der Waals surface area contributed by atoms with Crippen LogP contribution in [-0.4, -0.2) is 55.4 Å². The minimum atomic E-state index is -4.49. The molecule has 0 unspecified atom stereocenters. The van der Waals surface area contributed by atoms with Gasteiger partial charge in [0.25, 0.3) is 5.62 Å². The molecule has 4 N–H and O–H groups in total. The van der Waals surface area contributed by atoms with Gasteiger partial charge < -0.3 is 15.6 Å². The van der Waals surface area contributed by atoms with Gasteiger partial charge in [0.2, 0.25) is 5.95 Å². The lowest BCUT2D eigenvalue weighted by Gasteiger charge is -2.14. The van der Waals surface area contributed by atoms with Crippen LogP contribution in [0.15, 0.2) is 28.1 Å². The van der Waals surface area contributed by atoms with Gasteiger partial charge in [0, 0.05) is 18.3 Å². The van der Waals surface area contributed by atoms with E-state index in [2.05, 4.69) is 36.6 Å². The summed E-state index contributed by atoms with van der Waals surface area (Å²) >= 11 is 0. The molecular formula is C16H16F3N9O. The van der Waals surface area contributed by atoms with E-state index in [1.165, 1.54) is 12.3 Å². The summed E-state index contributed by atoms with van der Waals surface area (Å²) in [5.74, 6) is 0.337. The molecule has 10 nitrogen and oxygen atoms in total. The fourth-order valence-corrected chi connectivity index (χ4v) is 2.95. The molecule has 3 aromatic heterocycles. The second-order valence-electron chi connectivity index (χ2n) is 6.56. The van der Waals surface area contributed by atoms with Crippen molar-refractivity contribution in [2.75, 3.05) is 30.3 Å². The molecule has 0 amide bonds. The van der Waals surface area contributed by atoms with Crippen LogP contribution in [0.2, 0.25) is 0 Å². The molecule has 13 heteroatoms. The van der Waals surface area contributed by atoms with Crippen LogP contribution in [0.25, 0.3) is 11.7 Å². The Morgan fingerprint density at radius 1 is 1.34 bits per heavy atom. The molecule has 0 atom stereocenters. The third-order valence-electron chi connectivity index (χ3n) is 4.29. The first-order valence-electron chi connectivity index (χ1n) is 8.54. The molecule has 0 aliphatic carbocycles. The van der Waals surface area contributed by atoms with E-state index in [0.717, 1.165) is 16.5 Å². The van der Waals surface area contributed by atoms with Crippen molar-refractivity contribution in [3.63, 3.8) is 0 Å². The summed E-state index contributed by atoms with van der Waals surface area (Å²) < 4.78 is 39.2. The number of imidazole rings is 1. The van der Waals surface area contributed by atoms with Gasteiger partial charge in [0.1, 0.15) is 12.4 Å². The van der Waals surface area contributed by atoms with Gasteiger partial charge in [-0.3, -0.25) is 4.98 Å². The first-order valence-corrected chi connectivity index (χ1v) is 8.54. The molecule has 152 valence electrons. The van der Waals surface area contributed by atoms with Crippen LogP contribution in [0.1, 0.15) is 12.1 Å². The van der Waals surface area contributed by atoms with Crippen LogP contribution in [0, 0.1) is 0 Å². The van der Waals surface area contributed by atoms with Gasteiger partial charge >= 0.3 is 11.9 Å². The third-order valence-corrected chi connectivity index (χ3v) is 4.29. The summed E-state index contributed by atoms with van der Waals surface area (Å²) in [5, 5.41) is 4.48. The Morgan fingerprint density at radius 3 is 2.76 bits per heavy atom. The number of hydrogen-bond acceptors (Lipinski definition) is 7. The van der Waals surface area contributed by atoms with Gasteiger partial charge in [-0.1, -0.05) is 12.2 Å². The molecule has 1 fully saturated rings. The molecule has 0 aromatic carbocycles. The number of H-pyrrole nitrogens is 2. The van der Waals surface area contributed by atoms with Crippen molar-refractivity contribution >= 4 is 23.5 Å². The largest absolute Gasteiger partial charge is 0.408 e. The first kappa shape index (κ1) is 18.7. The fourth-order valence-electron chi connectivity index (χ4n) is 2.95. The fraction of sp³-hybridized carbons (Fsp3) is 0.312. The van der Waals surface area contributed by atoms with E-state index in [1.54, 1.807) is 4.90 Å². The number of aromatic amines is 2. The number of fused-ring (bicyclic) bond motifs is 1. The highest BCUT2D eigenvalue weighted by Crippen LogP contribution is 2.18. The van der Waals surface area contributed by atoms with Gasteiger partial charge in [0.05, 0.1) is 11.9 Å². The maximum Gasteiger partial charge on any atom is 0.408 e. The minimum Gasteiger partial charge on any atom is -0.383 e. The highest BCUT2D eigenvalue weighted by atomic mass is 19.4. The van der Waals surface area contributed by atoms with E-state index in [-0.39, 0.29) is 23.0 Å². The number of nitrogens with zero attached hydrogens (tertiary/aromatic N) is 6. The van der Waals surface area contributed by atoms with Crippen LogP contribution in [-0.2, 0) is 0 Å². The maximum absolute atomic E-state index is 12.7. The smallest absolute Gasteiger partial charge is 0.383 e. The Kier molecular flexibility index (Phi) is 4.36. The SMILES string of the molecule is C=C1CCN(c2nc(=NCC(F)(F)F)n3ncc(=Cc4[nH]c(=O)[nH]c4N)c3n2)C1. The molecule has 1 aliphatic heterocycles. The Labute approximate surface area is 160 Å². The van der Waals surface area contributed by atoms with E-state index in [0.29, 0.717) is 24.0 Å². The van der Waals surface area contributed by atoms with E-state index in [1.807, 2.05) is 0 Å². The number of nitrogens with one attached hydrogen (secondary N) is 2. The van der Waals surface area contributed by atoms with Crippen LogP contribution in [0.4, 0.5) is 24.9 Å². The van der Waals surface area contributed by atoms with E-state index in [9.17, 15) is 18.0 Å². The summed E-state index contributed by atoms with van der Waals surface area (Å²) in [6.07, 6.45) is -0.847. The quantitative estimate of drug-likeness (QED) is 0.502. The van der Waals surface area contributed by atoms with Gasteiger partial charge in [0.15, 0.2) is 5.65 Å². The second-order valence-corrected chi connectivity index (χ2v) is 6.56. The van der Waals surface area contributed by atoms with Crippen LogP contribution in [0.5, 0.6) is 0 Å². The number of aromatic nitrogens is 6. The zero-order chi connectivity index (χ0) is 20.8. The third kappa shape index (κ3) is 3.83. The monoisotopic (exact) mass is 407 g/mol. The lowest BCUT2D eigenvalue weighted by Crippen LogP contribution is -2.30. The van der Waals surface area contributed by atoms with Gasteiger partial charge in [-0.05, 0) is 12.5 Å². The van der Waals surface area contributed by atoms with E-state index in [4.69, 9.17) is 5.73 Å². The number of rotatable bonds is 3. The van der Waals surface area contributed by atoms with Crippen LogP contribution >= 0.6 is 0 Å². The molecule has 1 saturated heterocycles. The van der Waals surface area contributed by atoms with Gasteiger partial charge in [-0.2, -0.15) is 32.8 Å². The predicted octanol–water partition coefficient (Wildman–Crippen LogP) is -0.500. The molecule has 0 bridgehead atoms. The molecular weight excluding hydrogens is 391 g/mol. The van der Waals surface area contributed by atoms with Crippen molar-refractivity contribution in [3.8, 4) is 0 Å². The van der Waals surface area contributed by atoms with Crippen molar-refractivity contribution in [2.45, 2.75) is 12.6 Å². The Morgan fingerprint density at radius 2 is 2.14 bits per heavy atom. The normalized spacial score (nSPS) is 16.5. The van der Waals surface area contributed by atoms with Crippen LogP contribution < -0.4 is 27.2 Å². The summed E-state index contributed by atoms with van der Waals surface area (Å²) in [6, 6.07) is 0. The molecule has 0 radical (unpaired) electrons. The Bertz CT molecular complexity index is 1270. The lowest BCUT2D eigenvalue weighted by atomic mass is 10.3. The van der Waals surface area contributed by atoms with Crippen molar-refractivity contribution in [2.24, 2.45) is 4.99 Å². The van der Waals surface area contributed by atoms with Crippen LogP contribution in [0.3, 0.4) is 0 Å². The number of halogens is 3. The number of nitrogen functional groups attached to an aromatic ring is 1. The standard InChI is InChI=1S/C16H16F3N9O/c1-8-2-3-27(6-8)14-25-12-9(4-10-11(20)24-15(29)23-10)5-22-28(12)13(26-14)21-7-16(17,18)19/h4-5H,1-3,6-7,20H2,(H2,23,24,29). The Balaban J connectivity index is 1.92. The summed E-state index contributed by atoms with van der Waals surface area (Å²) in [5.41, 5.74) is 6.52.